The first kappa shape index (κ1) is 9.85. The third-order valence-corrected chi connectivity index (χ3v) is 2.93. The van der Waals surface area contributed by atoms with E-state index in [4.69, 9.17) is 4.74 Å². The number of rotatable bonds is 2. The molecule has 0 aliphatic carbocycles. The van der Waals surface area contributed by atoms with Crippen LogP contribution < -0.4 is 4.74 Å². The van der Waals surface area contributed by atoms with Crippen molar-refractivity contribution in [2.75, 3.05) is 7.11 Å². The van der Waals surface area contributed by atoms with E-state index in [1.807, 2.05) is 6.92 Å². The van der Waals surface area contributed by atoms with Gasteiger partial charge in [-0.3, -0.25) is 10.1 Å². The summed E-state index contributed by atoms with van der Waals surface area (Å²) >= 11 is 1.49. The molecule has 0 atom stereocenters. The normalized spacial score (nSPS) is 10.5. The minimum absolute atomic E-state index is 0.0460. The zero-order valence-corrected chi connectivity index (χ0v) is 9.00. The standard InChI is InChI=1S/C9H8N2O3S/c1-5-10-6-3-7(11(12)13)8(14-2)4-9(6)15-5/h3-4H,1-2H3. The summed E-state index contributed by atoms with van der Waals surface area (Å²) in [4.78, 5) is 14.5. The molecule has 2 aromatic rings. The van der Waals surface area contributed by atoms with E-state index in [-0.39, 0.29) is 11.4 Å². The van der Waals surface area contributed by atoms with Crippen molar-refractivity contribution in [1.82, 2.24) is 4.98 Å². The van der Waals surface area contributed by atoms with Crippen LogP contribution in [0.15, 0.2) is 12.1 Å². The van der Waals surface area contributed by atoms with E-state index >= 15 is 0 Å². The average Bonchev–Trinajstić information content (AvgIpc) is 2.54. The smallest absolute Gasteiger partial charge is 0.313 e. The largest absolute Gasteiger partial charge is 0.490 e. The molecule has 2 rings (SSSR count). The van der Waals surface area contributed by atoms with Crippen molar-refractivity contribution < 1.29 is 9.66 Å². The fourth-order valence-corrected chi connectivity index (χ4v) is 2.20. The molecule has 0 bridgehead atoms. The topological polar surface area (TPSA) is 65.3 Å². The second-order valence-electron chi connectivity index (χ2n) is 2.98. The Morgan fingerprint density at radius 3 is 2.87 bits per heavy atom. The zero-order chi connectivity index (χ0) is 11.0. The predicted octanol–water partition coefficient (Wildman–Crippen LogP) is 2.52. The highest BCUT2D eigenvalue weighted by Gasteiger charge is 2.17. The molecule has 0 radical (unpaired) electrons. The Hall–Kier alpha value is -1.69. The number of nitrogens with zero attached hydrogens (tertiary/aromatic N) is 2. The maximum absolute atomic E-state index is 10.7. The summed E-state index contributed by atoms with van der Waals surface area (Å²) < 4.78 is 5.86. The number of thiazole rings is 1. The maximum atomic E-state index is 10.7. The van der Waals surface area contributed by atoms with Crippen LogP contribution in [-0.2, 0) is 0 Å². The SMILES string of the molecule is COc1cc2sc(C)nc2cc1[N+](=O)[O-]. The van der Waals surface area contributed by atoms with Gasteiger partial charge in [0.15, 0.2) is 5.75 Å². The summed E-state index contributed by atoms with van der Waals surface area (Å²) in [7, 11) is 1.42. The highest BCUT2D eigenvalue weighted by molar-refractivity contribution is 7.18. The Bertz CT molecular complexity index is 535. The highest BCUT2D eigenvalue weighted by Crippen LogP contribution is 2.34. The van der Waals surface area contributed by atoms with Gasteiger partial charge in [-0.15, -0.1) is 11.3 Å². The number of aryl methyl sites for hydroxylation is 1. The first-order valence-corrected chi connectivity index (χ1v) is 5.03. The van der Waals surface area contributed by atoms with E-state index in [2.05, 4.69) is 4.98 Å². The van der Waals surface area contributed by atoms with Crippen molar-refractivity contribution in [3.8, 4) is 5.75 Å². The van der Waals surface area contributed by atoms with Gasteiger partial charge in [0, 0.05) is 12.1 Å². The zero-order valence-electron chi connectivity index (χ0n) is 8.18. The Labute approximate surface area is 89.5 Å². The van der Waals surface area contributed by atoms with Gasteiger partial charge >= 0.3 is 5.69 Å². The fraction of sp³-hybridized carbons (Fsp3) is 0.222. The van der Waals surface area contributed by atoms with Crippen molar-refractivity contribution in [3.63, 3.8) is 0 Å². The molecule has 0 saturated heterocycles. The number of fused-ring (bicyclic) bond motifs is 1. The first-order chi connectivity index (χ1) is 7.11. The van der Waals surface area contributed by atoms with Gasteiger partial charge in [0.2, 0.25) is 0 Å². The van der Waals surface area contributed by atoms with Crippen molar-refractivity contribution in [3.05, 3.63) is 27.3 Å². The van der Waals surface area contributed by atoms with Gasteiger partial charge in [-0.25, -0.2) is 4.98 Å². The summed E-state index contributed by atoms with van der Waals surface area (Å²) in [5.74, 6) is 0.274. The Morgan fingerprint density at radius 1 is 1.53 bits per heavy atom. The van der Waals surface area contributed by atoms with Gasteiger partial charge in [-0.1, -0.05) is 0 Å². The minimum Gasteiger partial charge on any atom is -0.490 e. The lowest BCUT2D eigenvalue weighted by molar-refractivity contribution is -0.385. The lowest BCUT2D eigenvalue weighted by atomic mass is 10.3. The first-order valence-electron chi connectivity index (χ1n) is 4.21. The molecule has 0 spiro atoms. The monoisotopic (exact) mass is 224 g/mol. The molecule has 1 aromatic heterocycles. The molecule has 1 aromatic carbocycles. The third kappa shape index (κ3) is 1.63. The van der Waals surface area contributed by atoms with Crippen molar-refractivity contribution in [2.24, 2.45) is 0 Å². The number of methoxy groups -OCH3 is 1. The molecule has 0 unspecified atom stereocenters. The Balaban J connectivity index is 2.73. The number of nitro benzene ring substituents is 1. The molecule has 6 heteroatoms. The van der Waals surface area contributed by atoms with Crippen LogP contribution in [-0.4, -0.2) is 17.0 Å². The Kier molecular flexibility index (Phi) is 2.28. The summed E-state index contributed by atoms with van der Waals surface area (Å²) in [6.45, 7) is 1.86. The number of nitro groups is 1. The lowest BCUT2D eigenvalue weighted by Gasteiger charge is -2.00. The van der Waals surface area contributed by atoms with Crippen LogP contribution in [0.2, 0.25) is 0 Å². The second kappa shape index (κ2) is 3.47. The van der Waals surface area contributed by atoms with Gasteiger partial charge in [0.1, 0.15) is 0 Å². The molecule has 0 fully saturated rings. The minimum atomic E-state index is -0.465. The Morgan fingerprint density at radius 2 is 2.27 bits per heavy atom. The average molecular weight is 224 g/mol. The van der Waals surface area contributed by atoms with Gasteiger partial charge in [-0.2, -0.15) is 0 Å². The van der Waals surface area contributed by atoms with Crippen LogP contribution in [0.5, 0.6) is 5.75 Å². The van der Waals surface area contributed by atoms with Crippen LogP contribution in [0.1, 0.15) is 5.01 Å². The summed E-state index contributed by atoms with van der Waals surface area (Å²) in [5, 5.41) is 11.6. The van der Waals surface area contributed by atoms with E-state index in [1.165, 1.54) is 24.5 Å². The van der Waals surface area contributed by atoms with Gasteiger partial charge in [0.05, 0.1) is 27.3 Å². The van der Waals surface area contributed by atoms with Crippen LogP contribution in [0.4, 0.5) is 5.69 Å². The molecule has 5 nitrogen and oxygen atoms in total. The fourth-order valence-electron chi connectivity index (χ4n) is 1.37. The van der Waals surface area contributed by atoms with Gasteiger partial charge < -0.3 is 4.74 Å². The van der Waals surface area contributed by atoms with Crippen LogP contribution in [0.25, 0.3) is 10.2 Å². The van der Waals surface area contributed by atoms with E-state index in [9.17, 15) is 10.1 Å². The third-order valence-electron chi connectivity index (χ3n) is 1.99. The summed E-state index contributed by atoms with van der Waals surface area (Å²) in [6.07, 6.45) is 0. The quantitative estimate of drug-likeness (QED) is 0.580. The molecule has 1 heterocycles. The summed E-state index contributed by atoms with van der Waals surface area (Å²) in [6, 6.07) is 3.09. The van der Waals surface area contributed by atoms with Gasteiger partial charge in [0.25, 0.3) is 0 Å². The molecular formula is C9H8N2O3S. The number of hydrogen-bond acceptors (Lipinski definition) is 5. The van der Waals surface area contributed by atoms with Gasteiger partial charge in [-0.05, 0) is 6.92 Å². The summed E-state index contributed by atoms with van der Waals surface area (Å²) in [5.41, 5.74) is 0.598. The highest BCUT2D eigenvalue weighted by atomic mass is 32.1. The van der Waals surface area contributed by atoms with Crippen molar-refractivity contribution >= 4 is 27.2 Å². The number of ether oxygens (including phenoxy) is 1. The van der Waals surface area contributed by atoms with E-state index in [1.54, 1.807) is 6.07 Å². The predicted molar refractivity (Wildman–Crippen MR) is 57.6 cm³/mol. The number of hydrogen-bond donors (Lipinski definition) is 0. The molecule has 0 aliphatic heterocycles. The van der Waals surface area contributed by atoms with Crippen LogP contribution in [0, 0.1) is 17.0 Å². The van der Waals surface area contributed by atoms with E-state index < -0.39 is 4.92 Å². The molecular weight excluding hydrogens is 216 g/mol. The molecule has 0 saturated carbocycles. The van der Waals surface area contributed by atoms with E-state index in [0.29, 0.717) is 5.52 Å². The molecule has 15 heavy (non-hydrogen) atoms. The van der Waals surface area contributed by atoms with Crippen LogP contribution in [0.3, 0.4) is 0 Å². The molecule has 0 N–H and O–H groups in total. The number of aromatic nitrogens is 1. The maximum Gasteiger partial charge on any atom is 0.313 e. The lowest BCUT2D eigenvalue weighted by Crippen LogP contribution is -1.93. The van der Waals surface area contributed by atoms with E-state index in [0.717, 1.165) is 9.71 Å². The van der Waals surface area contributed by atoms with Crippen molar-refractivity contribution in [1.29, 1.82) is 0 Å². The molecule has 78 valence electrons. The van der Waals surface area contributed by atoms with Crippen molar-refractivity contribution in [2.45, 2.75) is 6.92 Å². The second-order valence-corrected chi connectivity index (χ2v) is 4.22. The molecule has 0 aliphatic rings. The molecule has 0 amide bonds. The van der Waals surface area contributed by atoms with Crippen LogP contribution >= 0.6 is 11.3 Å². The number of benzene rings is 1.